The first kappa shape index (κ1) is 12.2. The molecule has 0 aromatic carbocycles. The minimum absolute atomic E-state index is 0.0649. The molecule has 0 unspecified atom stereocenters. The number of rotatable bonds is 5. The topological polar surface area (TPSA) is 75.3 Å². The van der Waals surface area contributed by atoms with Crippen molar-refractivity contribution in [2.24, 2.45) is 17.6 Å². The molecule has 0 radical (unpaired) electrons. The van der Waals surface area contributed by atoms with Crippen LogP contribution in [0.4, 0.5) is 4.79 Å². The molecule has 78 valence electrons. The molecule has 0 fully saturated rings. The third-order valence-corrected chi connectivity index (χ3v) is 2.14. The molecule has 0 aliphatic heterocycles. The summed E-state index contributed by atoms with van der Waals surface area (Å²) in [7, 11) is 0. The Kier molecular flexibility index (Phi) is 5.46. The largest absolute Gasteiger partial charge is 0.465 e. The minimum Gasteiger partial charge on any atom is -0.465 e. The predicted molar refractivity (Wildman–Crippen MR) is 52.6 cm³/mol. The van der Waals surface area contributed by atoms with E-state index < -0.39 is 6.09 Å². The van der Waals surface area contributed by atoms with Gasteiger partial charge in [0.1, 0.15) is 0 Å². The summed E-state index contributed by atoms with van der Waals surface area (Å²) in [6, 6.07) is -0.0649. The van der Waals surface area contributed by atoms with Crippen LogP contribution in [0.1, 0.15) is 27.2 Å². The van der Waals surface area contributed by atoms with E-state index in [4.69, 9.17) is 10.8 Å². The first-order valence-electron chi connectivity index (χ1n) is 4.66. The zero-order chi connectivity index (χ0) is 10.4. The summed E-state index contributed by atoms with van der Waals surface area (Å²) in [6.07, 6.45) is -0.0208. The summed E-state index contributed by atoms with van der Waals surface area (Å²) in [4.78, 5) is 10.4. The highest BCUT2D eigenvalue weighted by molar-refractivity contribution is 5.64. The molecule has 0 aromatic heterocycles. The maximum Gasteiger partial charge on any atom is 0.404 e. The van der Waals surface area contributed by atoms with E-state index in [0.717, 1.165) is 6.42 Å². The Labute approximate surface area is 79.5 Å². The molecule has 2 atom stereocenters. The third-order valence-electron chi connectivity index (χ3n) is 2.14. The summed E-state index contributed by atoms with van der Waals surface area (Å²) in [5.41, 5.74) is 5.56. The van der Waals surface area contributed by atoms with Crippen molar-refractivity contribution in [3.8, 4) is 0 Å². The van der Waals surface area contributed by atoms with Crippen LogP contribution >= 0.6 is 0 Å². The highest BCUT2D eigenvalue weighted by atomic mass is 16.4. The number of nitrogens with two attached hydrogens (primary N) is 1. The summed E-state index contributed by atoms with van der Waals surface area (Å²) in [5.74, 6) is 0.780. The zero-order valence-corrected chi connectivity index (χ0v) is 8.58. The summed E-state index contributed by atoms with van der Waals surface area (Å²) >= 11 is 0. The number of hydrogen-bond donors (Lipinski definition) is 3. The highest BCUT2D eigenvalue weighted by Crippen LogP contribution is 2.14. The molecule has 0 aromatic rings. The van der Waals surface area contributed by atoms with Gasteiger partial charge in [-0.1, -0.05) is 13.8 Å². The van der Waals surface area contributed by atoms with Crippen LogP contribution in [-0.2, 0) is 0 Å². The van der Waals surface area contributed by atoms with Gasteiger partial charge in [0.25, 0.3) is 0 Å². The van der Waals surface area contributed by atoms with Crippen molar-refractivity contribution in [2.45, 2.75) is 33.2 Å². The van der Waals surface area contributed by atoms with E-state index in [1.807, 2.05) is 6.92 Å². The molecule has 13 heavy (non-hydrogen) atoms. The van der Waals surface area contributed by atoms with Gasteiger partial charge < -0.3 is 16.2 Å². The molecule has 0 aliphatic rings. The van der Waals surface area contributed by atoms with E-state index in [2.05, 4.69) is 19.2 Å². The molecular weight excluding hydrogens is 168 g/mol. The minimum atomic E-state index is -0.977. The number of hydrogen-bond acceptors (Lipinski definition) is 2. The van der Waals surface area contributed by atoms with E-state index in [-0.39, 0.29) is 12.0 Å². The van der Waals surface area contributed by atoms with Crippen LogP contribution in [0.5, 0.6) is 0 Å². The molecule has 0 saturated carbocycles. The standard InChI is InChI=1S/C9H20N2O2/c1-6(2)4-8(5-10)7(3)11-9(12)13/h6-8,11H,4-5,10H2,1-3H3,(H,12,13)/t7-,8+/m1/s1. The lowest BCUT2D eigenvalue weighted by atomic mass is 9.91. The number of carbonyl (C=O) groups is 1. The predicted octanol–water partition coefficient (Wildman–Crippen LogP) is 1.26. The van der Waals surface area contributed by atoms with Crippen molar-refractivity contribution in [3.05, 3.63) is 0 Å². The van der Waals surface area contributed by atoms with Crippen molar-refractivity contribution < 1.29 is 9.90 Å². The van der Waals surface area contributed by atoms with E-state index in [1.54, 1.807) is 0 Å². The van der Waals surface area contributed by atoms with Gasteiger partial charge in [-0.3, -0.25) is 0 Å². The fraction of sp³-hybridized carbons (Fsp3) is 0.889. The van der Waals surface area contributed by atoms with Gasteiger partial charge in [-0.2, -0.15) is 0 Å². The summed E-state index contributed by atoms with van der Waals surface area (Å²) in [6.45, 7) is 6.60. The summed E-state index contributed by atoms with van der Waals surface area (Å²) < 4.78 is 0. The Balaban J connectivity index is 3.98. The van der Waals surface area contributed by atoms with Crippen LogP contribution < -0.4 is 11.1 Å². The first-order valence-corrected chi connectivity index (χ1v) is 4.66. The average Bonchev–Trinajstić information content (AvgIpc) is 1.98. The van der Waals surface area contributed by atoms with Gasteiger partial charge in [0.15, 0.2) is 0 Å². The fourth-order valence-electron chi connectivity index (χ4n) is 1.42. The van der Waals surface area contributed by atoms with Gasteiger partial charge in [0.05, 0.1) is 0 Å². The lowest BCUT2D eigenvalue weighted by molar-refractivity contribution is 0.184. The second-order valence-electron chi connectivity index (χ2n) is 3.86. The molecule has 0 bridgehead atoms. The van der Waals surface area contributed by atoms with Crippen LogP contribution in [0.25, 0.3) is 0 Å². The van der Waals surface area contributed by atoms with Crippen LogP contribution in [0.3, 0.4) is 0 Å². The molecule has 4 nitrogen and oxygen atoms in total. The highest BCUT2D eigenvalue weighted by Gasteiger charge is 2.18. The maximum atomic E-state index is 10.4. The zero-order valence-electron chi connectivity index (χ0n) is 8.58. The summed E-state index contributed by atoms with van der Waals surface area (Å²) in [5, 5.41) is 10.9. The third kappa shape index (κ3) is 5.47. The smallest absolute Gasteiger partial charge is 0.404 e. The van der Waals surface area contributed by atoms with Gasteiger partial charge in [-0.15, -0.1) is 0 Å². The van der Waals surface area contributed by atoms with Crippen LogP contribution in [0.15, 0.2) is 0 Å². The van der Waals surface area contributed by atoms with E-state index in [9.17, 15) is 4.79 Å². The number of carboxylic acid groups (broad SMARTS) is 1. The van der Waals surface area contributed by atoms with Gasteiger partial charge in [-0.25, -0.2) is 4.79 Å². The Morgan fingerprint density at radius 2 is 2.00 bits per heavy atom. The normalized spacial score (nSPS) is 15.5. The average molecular weight is 188 g/mol. The molecular formula is C9H20N2O2. The van der Waals surface area contributed by atoms with Crippen LogP contribution in [-0.4, -0.2) is 23.8 Å². The SMILES string of the molecule is CC(C)C[C@@H](CN)[C@@H](C)NC(=O)O. The Morgan fingerprint density at radius 1 is 1.46 bits per heavy atom. The van der Waals surface area contributed by atoms with Gasteiger partial charge in [0.2, 0.25) is 0 Å². The maximum absolute atomic E-state index is 10.4. The monoisotopic (exact) mass is 188 g/mol. The number of amides is 1. The Hall–Kier alpha value is -0.770. The molecule has 0 aliphatic carbocycles. The van der Waals surface area contributed by atoms with Gasteiger partial charge in [0, 0.05) is 6.04 Å². The Bertz CT molecular complexity index is 160. The van der Waals surface area contributed by atoms with Gasteiger partial charge >= 0.3 is 6.09 Å². The van der Waals surface area contributed by atoms with Crippen LogP contribution in [0.2, 0.25) is 0 Å². The van der Waals surface area contributed by atoms with Crippen molar-refractivity contribution in [2.75, 3.05) is 6.54 Å². The molecule has 0 rings (SSSR count). The second-order valence-corrected chi connectivity index (χ2v) is 3.86. The molecule has 1 amide bonds. The van der Waals surface area contributed by atoms with E-state index in [1.165, 1.54) is 0 Å². The van der Waals surface area contributed by atoms with Gasteiger partial charge in [-0.05, 0) is 31.7 Å². The van der Waals surface area contributed by atoms with Crippen molar-refractivity contribution in [1.82, 2.24) is 5.32 Å². The Morgan fingerprint density at radius 3 is 2.31 bits per heavy atom. The van der Waals surface area contributed by atoms with Crippen LogP contribution in [0, 0.1) is 11.8 Å². The number of nitrogens with one attached hydrogen (secondary N) is 1. The lowest BCUT2D eigenvalue weighted by Crippen LogP contribution is -2.40. The van der Waals surface area contributed by atoms with E-state index >= 15 is 0 Å². The fourth-order valence-corrected chi connectivity index (χ4v) is 1.42. The molecule has 4 N–H and O–H groups in total. The molecule has 0 saturated heterocycles. The molecule has 4 heteroatoms. The second kappa shape index (κ2) is 5.80. The molecule has 0 spiro atoms. The van der Waals surface area contributed by atoms with Crippen molar-refractivity contribution in [1.29, 1.82) is 0 Å². The quantitative estimate of drug-likeness (QED) is 0.608. The van der Waals surface area contributed by atoms with Crippen molar-refractivity contribution in [3.63, 3.8) is 0 Å². The molecule has 0 heterocycles. The van der Waals surface area contributed by atoms with Crippen molar-refractivity contribution >= 4 is 6.09 Å². The van der Waals surface area contributed by atoms with E-state index in [0.29, 0.717) is 12.5 Å². The lowest BCUT2D eigenvalue weighted by Gasteiger charge is -2.23. The first-order chi connectivity index (χ1) is 5.97.